The summed E-state index contributed by atoms with van der Waals surface area (Å²) in [6.07, 6.45) is 2.81. The van der Waals surface area contributed by atoms with Crippen molar-refractivity contribution in [3.05, 3.63) is 105 Å². The third-order valence-corrected chi connectivity index (χ3v) is 8.62. The summed E-state index contributed by atoms with van der Waals surface area (Å²) in [5, 5.41) is 50.3. The maximum absolute atomic E-state index is 13.6. The Morgan fingerprint density at radius 1 is 0.873 bits per heavy atom. The Balaban J connectivity index is 1.04. The number of unbranched alkanes of at least 4 members (excludes halogenated alkanes) is 1. The summed E-state index contributed by atoms with van der Waals surface area (Å²) in [6.45, 7) is 1.89. The zero-order valence-electron chi connectivity index (χ0n) is 29.4. The van der Waals surface area contributed by atoms with Gasteiger partial charge in [-0.3, -0.25) is 23.6 Å². The number of hydrogen-bond acceptors (Lipinski definition) is 14. The van der Waals surface area contributed by atoms with E-state index in [1.165, 1.54) is 67.1 Å². The second-order valence-electron chi connectivity index (χ2n) is 12.5. The molecular weight excluding hydrogens is 714 g/mol. The number of ether oxygens (including phenoxy) is 3. The average molecular weight is 748 g/mol. The van der Waals surface area contributed by atoms with Crippen LogP contribution in [0.15, 0.2) is 93.0 Å². The van der Waals surface area contributed by atoms with Crippen molar-refractivity contribution in [2.75, 3.05) is 7.11 Å². The highest BCUT2D eigenvalue weighted by molar-refractivity contribution is 5.88. The summed E-state index contributed by atoms with van der Waals surface area (Å²) in [4.78, 5) is 43.0. The minimum absolute atomic E-state index is 0.0136. The van der Waals surface area contributed by atoms with Gasteiger partial charge in [-0.15, -0.1) is 5.10 Å². The number of aromatic nitrogens is 5. The molecule has 0 bridgehead atoms. The first-order chi connectivity index (χ1) is 26.5. The van der Waals surface area contributed by atoms with E-state index in [-0.39, 0.29) is 75.5 Å². The molecule has 7 rings (SSSR count). The molecule has 7 aromatic rings. The maximum atomic E-state index is 13.6. The van der Waals surface area contributed by atoms with Gasteiger partial charge in [-0.25, -0.2) is 4.98 Å². The molecular formula is C39H33N5O11. The van der Waals surface area contributed by atoms with Gasteiger partial charge in [0.15, 0.2) is 17.3 Å². The van der Waals surface area contributed by atoms with Crippen LogP contribution < -0.4 is 25.2 Å². The number of para-hydroxylation sites is 1. The van der Waals surface area contributed by atoms with Crippen molar-refractivity contribution in [3.63, 3.8) is 0 Å². The minimum atomic E-state index is -0.770. The first-order valence-electron chi connectivity index (χ1n) is 16.9. The number of esters is 1. The Morgan fingerprint density at radius 2 is 1.65 bits per heavy atom. The standard InChI is InChI=1S/C39H33N5O11/c1-21(45)54-27-14-23(13-25(46)16-27)38-40-29-8-4-3-7-28(29)39(51)44(38)12-6-5-11-43-19-24(41-42-43)20-53-31-15-22(9-10-30(31)48)37-36(50)35(49)34-32(52-2)17-26(47)18-33(34)55-37/h3-4,7-10,13-19,46-48,50H,5-6,11-12,20H2,1-2H3. The number of fused-ring (bicyclic) bond motifs is 2. The lowest BCUT2D eigenvalue weighted by atomic mass is 10.1. The minimum Gasteiger partial charge on any atom is -0.508 e. The number of carbonyl (C=O) groups is 1. The normalized spacial score (nSPS) is 11.2. The van der Waals surface area contributed by atoms with E-state index in [0.717, 1.165) is 0 Å². The summed E-state index contributed by atoms with van der Waals surface area (Å²) in [6, 6.07) is 17.8. The van der Waals surface area contributed by atoms with E-state index in [0.29, 0.717) is 47.4 Å². The van der Waals surface area contributed by atoms with E-state index in [2.05, 4.69) is 10.3 Å². The van der Waals surface area contributed by atoms with Gasteiger partial charge in [0.25, 0.3) is 5.56 Å². The molecule has 0 saturated heterocycles. The van der Waals surface area contributed by atoms with E-state index < -0.39 is 17.1 Å². The molecule has 0 amide bonds. The van der Waals surface area contributed by atoms with Crippen LogP contribution in [0, 0.1) is 0 Å². The lowest BCUT2D eigenvalue weighted by Gasteiger charge is -2.15. The summed E-state index contributed by atoms with van der Waals surface area (Å²) in [7, 11) is 1.32. The SMILES string of the molecule is COc1cc(O)cc2oc(-c3ccc(O)c(OCc4cn(CCCCn5c(-c6cc(O)cc(OC(C)=O)c6)nc6ccccc6c5=O)nn4)c3)c(O)c(=O)c12. The number of nitrogens with zero attached hydrogens (tertiary/aromatic N) is 5. The number of phenols is 3. The second-order valence-corrected chi connectivity index (χ2v) is 12.5. The molecule has 0 aliphatic heterocycles. The predicted octanol–water partition coefficient (Wildman–Crippen LogP) is 5.24. The third-order valence-electron chi connectivity index (χ3n) is 8.62. The Kier molecular flexibility index (Phi) is 9.78. The van der Waals surface area contributed by atoms with Crippen LogP contribution in [0.5, 0.6) is 40.2 Å². The molecule has 3 aromatic heterocycles. The highest BCUT2D eigenvalue weighted by Gasteiger charge is 2.21. The molecule has 0 saturated carbocycles. The molecule has 280 valence electrons. The van der Waals surface area contributed by atoms with Crippen molar-refractivity contribution < 1.29 is 43.8 Å². The van der Waals surface area contributed by atoms with Gasteiger partial charge in [-0.05, 0) is 55.3 Å². The van der Waals surface area contributed by atoms with Crippen molar-refractivity contribution in [2.45, 2.75) is 39.5 Å². The van der Waals surface area contributed by atoms with Crippen LogP contribution in [0.2, 0.25) is 0 Å². The van der Waals surface area contributed by atoms with Crippen LogP contribution in [0.1, 0.15) is 25.5 Å². The van der Waals surface area contributed by atoms with Crippen LogP contribution in [-0.2, 0) is 24.5 Å². The predicted molar refractivity (Wildman–Crippen MR) is 197 cm³/mol. The fourth-order valence-electron chi connectivity index (χ4n) is 6.13. The number of rotatable bonds is 12. The first-order valence-corrected chi connectivity index (χ1v) is 16.9. The molecule has 0 atom stereocenters. The quantitative estimate of drug-likeness (QED) is 0.0713. The van der Waals surface area contributed by atoms with Gasteiger partial charge in [0, 0.05) is 49.3 Å². The zero-order valence-corrected chi connectivity index (χ0v) is 29.4. The van der Waals surface area contributed by atoms with Gasteiger partial charge in [-0.2, -0.15) is 0 Å². The molecule has 16 nitrogen and oxygen atoms in total. The number of phenolic OH excluding ortho intramolecular Hbond substituents is 3. The lowest BCUT2D eigenvalue weighted by molar-refractivity contribution is -0.131. The van der Waals surface area contributed by atoms with E-state index >= 15 is 0 Å². The monoisotopic (exact) mass is 747 g/mol. The average Bonchev–Trinajstić information content (AvgIpc) is 3.61. The zero-order chi connectivity index (χ0) is 38.8. The highest BCUT2D eigenvalue weighted by Crippen LogP contribution is 2.38. The van der Waals surface area contributed by atoms with Crippen LogP contribution in [0.4, 0.5) is 0 Å². The Morgan fingerprint density at radius 3 is 2.45 bits per heavy atom. The molecule has 0 aliphatic rings. The number of carbonyl (C=O) groups excluding carboxylic acids is 1. The molecule has 0 radical (unpaired) electrons. The molecule has 3 heterocycles. The molecule has 4 aromatic carbocycles. The van der Waals surface area contributed by atoms with Crippen molar-refractivity contribution in [1.82, 2.24) is 24.5 Å². The largest absolute Gasteiger partial charge is 0.508 e. The number of benzene rings is 4. The summed E-state index contributed by atoms with van der Waals surface area (Å²) in [5.41, 5.74) is 0.487. The van der Waals surface area contributed by atoms with Crippen LogP contribution >= 0.6 is 0 Å². The molecule has 0 spiro atoms. The summed E-state index contributed by atoms with van der Waals surface area (Å²) >= 11 is 0. The fourth-order valence-corrected chi connectivity index (χ4v) is 6.13. The van der Waals surface area contributed by atoms with Crippen LogP contribution in [0.3, 0.4) is 0 Å². The van der Waals surface area contributed by atoms with Crippen LogP contribution in [-0.4, -0.2) is 58.1 Å². The van der Waals surface area contributed by atoms with Gasteiger partial charge >= 0.3 is 5.97 Å². The molecule has 55 heavy (non-hydrogen) atoms. The lowest BCUT2D eigenvalue weighted by Crippen LogP contribution is -2.24. The Bertz CT molecular complexity index is 2720. The molecule has 0 unspecified atom stereocenters. The fraction of sp³-hybridized carbons (Fsp3) is 0.179. The van der Waals surface area contributed by atoms with Crippen LogP contribution in [0.25, 0.3) is 44.6 Å². The van der Waals surface area contributed by atoms with Crippen molar-refractivity contribution in [2.24, 2.45) is 0 Å². The number of aromatic hydroxyl groups is 4. The summed E-state index contributed by atoms with van der Waals surface area (Å²) < 4.78 is 25.1. The summed E-state index contributed by atoms with van der Waals surface area (Å²) in [5.74, 6) is -1.57. The van der Waals surface area contributed by atoms with E-state index in [1.807, 2.05) is 0 Å². The maximum Gasteiger partial charge on any atom is 0.308 e. The number of methoxy groups -OCH3 is 1. The molecule has 16 heteroatoms. The topological polar surface area (TPSA) is 221 Å². The van der Waals surface area contributed by atoms with Gasteiger partial charge in [0.2, 0.25) is 11.2 Å². The Hall–Kier alpha value is -7.36. The molecule has 0 fully saturated rings. The van der Waals surface area contributed by atoms with Gasteiger partial charge in [-0.1, -0.05) is 17.3 Å². The van der Waals surface area contributed by atoms with Gasteiger partial charge in [0.05, 0.1) is 24.2 Å². The number of hydrogen-bond donors (Lipinski definition) is 4. The van der Waals surface area contributed by atoms with E-state index in [9.17, 15) is 34.8 Å². The van der Waals surface area contributed by atoms with Crippen molar-refractivity contribution >= 4 is 27.8 Å². The van der Waals surface area contributed by atoms with Crippen molar-refractivity contribution in [1.29, 1.82) is 0 Å². The third kappa shape index (κ3) is 7.46. The molecule has 0 aliphatic carbocycles. The molecule has 4 N–H and O–H groups in total. The smallest absolute Gasteiger partial charge is 0.308 e. The van der Waals surface area contributed by atoms with E-state index in [4.69, 9.17) is 23.6 Å². The van der Waals surface area contributed by atoms with Gasteiger partial charge in [0.1, 0.15) is 52.1 Å². The highest BCUT2D eigenvalue weighted by atomic mass is 16.5. The van der Waals surface area contributed by atoms with Gasteiger partial charge < -0.3 is 39.1 Å². The number of aryl methyl sites for hydroxylation is 1. The Labute approximate surface area is 310 Å². The second kappa shape index (κ2) is 14.9. The first kappa shape index (κ1) is 36.0. The van der Waals surface area contributed by atoms with E-state index in [1.54, 1.807) is 35.1 Å². The van der Waals surface area contributed by atoms with Crippen molar-refractivity contribution in [3.8, 4) is 63.0 Å².